The van der Waals surface area contributed by atoms with Gasteiger partial charge in [-0.2, -0.15) is 0 Å². The number of carbonyl (C=O) groups excluding carboxylic acids is 5. The van der Waals surface area contributed by atoms with Crippen molar-refractivity contribution in [3.8, 4) is 0 Å². The number of methoxy groups -OCH3 is 1. The van der Waals surface area contributed by atoms with E-state index in [2.05, 4.69) is 36.0 Å². The molecule has 4 N–H and O–H groups in total. The fourth-order valence-corrected chi connectivity index (χ4v) is 2.51. The van der Waals surface area contributed by atoms with Crippen LogP contribution < -0.4 is 21.3 Å². The number of hydrogen-bond donors (Lipinski definition) is 4. The summed E-state index contributed by atoms with van der Waals surface area (Å²) < 4.78 is 4.65. The monoisotopic (exact) mass is 455 g/mol. The zero-order chi connectivity index (χ0) is 24.7. The van der Waals surface area contributed by atoms with Crippen LogP contribution in [0, 0.1) is 11.8 Å². The average molecular weight is 456 g/mol. The Hall–Kier alpha value is -3.34. The molecule has 4 amide bonds. The molecular formula is C19H33N7O6. The topological polar surface area (TPSA) is 191 Å². The summed E-state index contributed by atoms with van der Waals surface area (Å²) >= 11 is 0. The van der Waals surface area contributed by atoms with Crippen molar-refractivity contribution in [2.45, 2.75) is 52.6 Å². The van der Waals surface area contributed by atoms with E-state index in [-0.39, 0.29) is 43.8 Å². The zero-order valence-electron chi connectivity index (χ0n) is 19.1. The van der Waals surface area contributed by atoms with Crippen molar-refractivity contribution in [3.05, 3.63) is 10.4 Å². The number of nitrogens with zero attached hydrogens (tertiary/aromatic N) is 3. The van der Waals surface area contributed by atoms with Crippen LogP contribution >= 0.6 is 0 Å². The minimum Gasteiger partial charge on any atom is -0.467 e. The fraction of sp³-hybridized carbons (Fsp3) is 0.737. The summed E-state index contributed by atoms with van der Waals surface area (Å²) in [4.78, 5) is 62.6. The molecule has 0 fully saturated rings. The highest BCUT2D eigenvalue weighted by Gasteiger charge is 2.27. The quantitative estimate of drug-likeness (QED) is 0.0918. The summed E-state index contributed by atoms with van der Waals surface area (Å²) in [6.45, 7) is 6.37. The van der Waals surface area contributed by atoms with Crippen LogP contribution in [0.15, 0.2) is 5.11 Å². The van der Waals surface area contributed by atoms with E-state index < -0.39 is 35.8 Å². The molecule has 0 aromatic carbocycles. The average Bonchev–Trinajstić information content (AvgIpc) is 2.74. The lowest BCUT2D eigenvalue weighted by molar-refractivity contribution is -0.146. The third-order valence-electron chi connectivity index (χ3n) is 4.30. The molecule has 0 heterocycles. The summed E-state index contributed by atoms with van der Waals surface area (Å²) in [6, 6.07) is -1.78. The van der Waals surface area contributed by atoms with Gasteiger partial charge in [0.05, 0.1) is 20.2 Å². The number of hydrogen-bond acceptors (Lipinski definition) is 7. The molecule has 0 saturated heterocycles. The van der Waals surface area contributed by atoms with Gasteiger partial charge in [0.2, 0.25) is 23.6 Å². The number of nitrogens with one attached hydrogen (secondary N) is 4. The number of rotatable bonds is 14. The van der Waals surface area contributed by atoms with E-state index in [1.165, 1.54) is 7.11 Å². The maximum absolute atomic E-state index is 12.5. The van der Waals surface area contributed by atoms with E-state index in [1.807, 2.05) is 0 Å². The summed E-state index contributed by atoms with van der Waals surface area (Å²) in [5.74, 6) is -3.21. The molecule has 32 heavy (non-hydrogen) atoms. The Morgan fingerprint density at radius 3 is 1.91 bits per heavy atom. The highest BCUT2D eigenvalue weighted by molar-refractivity contribution is 5.93. The largest absolute Gasteiger partial charge is 0.467 e. The Labute approximate surface area is 187 Å². The molecule has 2 atom stereocenters. The van der Waals surface area contributed by atoms with Gasteiger partial charge in [-0.25, -0.2) is 4.79 Å². The van der Waals surface area contributed by atoms with Crippen LogP contribution in [0.4, 0.5) is 0 Å². The van der Waals surface area contributed by atoms with Crippen molar-refractivity contribution in [1.29, 1.82) is 0 Å². The molecule has 0 aliphatic heterocycles. The molecule has 0 aliphatic carbocycles. The van der Waals surface area contributed by atoms with E-state index in [0.29, 0.717) is 6.42 Å². The Morgan fingerprint density at radius 2 is 1.41 bits per heavy atom. The second-order valence-corrected chi connectivity index (χ2v) is 7.65. The van der Waals surface area contributed by atoms with Crippen LogP contribution in [0.1, 0.15) is 40.5 Å². The van der Waals surface area contributed by atoms with Crippen LogP contribution in [-0.4, -0.2) is 68.4 Å². The van der Waals surface area contributed by atoms with Crippen LogP contribution in [0.3, 0.4) is 0 Å². The summed E-state index contributed by atoms with van der Waals surface area (Å²) in [7, 11) is 1.22. The van der Waals surface area contributed by atoms with E-state index in [1.54, 1.807) is 27.7 Å². The molecule has 0 aromatic rings. The van der Waals surface area contributed by atoms with Gasteiger partial charge in [0.1, 0.15) is 12.1 Å². The molecule has 13 heteroatoms. The van der Waals surface area contributed by atoms with Crippen molar-refractivity contribution >= 4 is 29.6 Å². The van der Waals surface area contributed by atoms with Gasteiger partial charge in [-0.1, -0.05) is 32.8 Å². The summed E-state index contributed by atoms with van der Waals surface area (Å²) in [5.41, 5.74) is 8.17. The number of ether oxygens (including phenoxy) is 1. The minimum absolute atomic E-state index is 0.0957. The first-order valence-corrected chi connectivity index (χ1v) is 10.2. The maximum atomic E-state index is 12.5. The number of azide groups is 1. The van der Waals surface area contributed by atoms with Gasteiger partial charge >= 0.3 is 5.97 Å². The molecule has 0 aliphatic rings. The highest BCUT2D eigenvalue weighted by atomic mass is 16.5. The molecule has 0 radical (unpaired) electrons. The SMILES string of the molecule is COC(=O)[C@@H](NC(=O)CNC(=O)[C@@H](NC(=O)CNC(=O)CCCN=[N+]=[N-])C(C)C)C(C)C. The first-order valence-electron chi connectivity index (χ1n) is 10.2. The van der Waals surface area contributed by atoms with Crippen molar-refractivity contribution in [3.63, 3.8) is 0 Å². The third kappa shape index (κ3) is 11.7. The molecule has 180 valence electrons. The molecule has 0 spiro atoms. The van der Waals surface area contributed by atoms with E-state index in [0.717, 1.165) is 0 Å². The third-order valence-corrected chi connectivity index (χ3v) is 4.30. The molecule has 0 aromatic heterocycles. The summed E-state index contributed by atoms with van der Waals surface area (Å²) in [5, 5.41) is 13.2. The smallest absolute Gasteiger partial charge is 0.328 e. The first-order chi connectivity index (χ1) is 15.0. The molecule has 13 nitrogen and oxygen atoms in total. The van der Waals surface area contributed by atoms with Gasteiger partial charge in [-0.05, 0) is 23.8 Å². The van der Waals surface area contributed by atoms with Crippen LogP contribution in [0.2, 0.25) is 0 Å². The number of esters is 1. The van der Waals surface area contributed by atoms with Gasteiger partial charge in [0.25, 0.3) is 0 Å². The fourth-order valence-electron chi connectivity index (χ4n) is 2.51. The van der Waals surface area contributed by atoms with Crippen molar-refractivity contribution < 1.29 is 28.7 Å². The molecule has 0 bridgehead atoms. The zero-order valence-corrected chi connectivity index (χ0v) is 19.1. The van der Waals surface area contributed by atoms with Crippen LogP contribution in [-0.2, 0) is 28.7 Å². The second-order valence-electron chi connectivity index (χ2n) is 7.65. The van der Waals surface area contributed by atoms with Gasteiger partial charge in [0, 0.05) is 17.9 Å². The molecule has 0 saturated carbocycles. The summed E-state index contributed by atoms with van der Waals surface area (Å²) in [6.07, 6.45) is 0.447. The maximum Gasteiger partial charge on any atom is 0.328 e. The van der Waals surface area contributed by atoms with Crippen molar-refractivity contribution in [2.24, 2.45) is 17.0 Å². The van der Waals surface area contributed by atoms with Gasteiger partial charge in [-0.3, -0.25) is 19.2 Å². The lowest BCUT2D eigenvalue weighted by Gasteiger charge is -2.23. The van der Waals surface area contributed by atoms with Crippen molar-refractivity contribution in [2.75, 3.05) is 26.7 Å². The second kappa shape index (κ2) is 15.5. The van der Waals surface area contributed by atoms with Gasteiger partial charge in [-0.15, -0.1) is 0 Å². The predicted octanol–water partition coefficient (Wildman–Crippen LogP) is -0.236. The molecular weight excluding hydrogens is 422 g/mol. The predicted molar refractivity (Wildman–Crippen MR) is 115 cm³/mol. The Kier molecular flexibility index (Phi) is 13.8. The lowest BCUT2D eigenvalue weighted by atomic mass is 10.0. The number of carbonyl (C=O) groups is 5. The Balaban J connectivity index is 4.61. The minimum atomic E-state index is -0.932. The number of amides is 4. The molecule has 0 rings (SSSR count). The van der Waals surface area contributed by atoms with Crippen molar-refractivity contribution in [1.82, 2.24) is 21.3 Å². The lowest BCUT2D eigenvalue weighted by Crippen LogP contribution is -2.54. The van der Waals surface area contributed by atoms with E-state index in [9.17, 15) is 24.0 Å². The Morgan fingerprint density at radius 1 is 0.875 bits per heavy atom. The van der Waals surface area contributed by atoms with Crippen LogP contribution in [0.25, 0.3) is 10.4 Å². The molecule has 0 unspecified atom stereocenters. The van der Waals surface area contributed by atoms with Gasteiger partial charge in [0.15, 0.2) is 0 Å². The first kappa shape index (κ1) is 28.7. The van der Waals surface area contributed by atoms with E-state index in [4.69, 9.17) is 5.53 Å². The Bertz CT molecular complexity index is 719. The normalized spacial score (nSPS) is 12.2. The van der Waals surface area contributed by atoms with Gasteiger partial charge < -0.3 is 26.0 Å². The van der Waals surface area contributed by atoms with Crippen LogP contribution in [0.5, 0.6) is 0 Å². The van der Waals surface area contributed by atoms with E-state index >= 15 is 0 Å². The standard InChI is InChI=1S/C19H33N7O6/c1-11(2)16(24-14(28)9-21-13(27)7-6-8-23-26-20)18(30)22-10-15(29)25-17(12(3)4)19(31)32-5/h11-12,16-17H,6-10H2,1-5H3,(H,21,27)(H,22,30)(H,24,28)(H,25,29)/t16-,17-/m0/s1. The highest BCUT2D eigenvalue weighted by Crippen LogP contribution is 2.04.